The summed E-state index contributed by atoms with van der Waals surface area (Å²) in [6.07, 6.45) is 5.95. The Bertz CT molecular complexity index is 1530. The van der Waals surface area contributed by atoms with Crippen LogP contribution in [-0.4, -0.2) is 83.6 Å². The van der Waals surface area contributed by atoms with Crippen LogP contribution in [0, 0.1) is 5.92 Å². The van der Waals surface area contributed by atoms with Crippen LogP contribution >= 0.6 is 0 Å². The normalized spacial score (nSPS) is 21.6. The SMILES string of the molecule is CCc1cc([C@H]2O[C@@H](n3cnc4c(NCCC5CCCCC5)nc(N(CO)CCc5ccccc5)nc43)[C@H](O)[C@@H]2O)on1.O=CO. The van der Waals surface area contributed by atoms with E-state index in [0.717, 1.165) is 24.2 Å². The molecule has 4 aromatic rings. The van der Waals surface area contributed by atoms with Crippen molar-refractivity contribution in [1.82, 2.24) is 24.7 Å². The van der Waals surface area contributed by atoms with Crippen LogP contribution in [0.15, 0.2) is 47.2 Å². The maximum atomic E-state index is 11.1. The summed E-state index contributed by atoms with van der Waals surface area (Å²) in [7, 11) is 0. The van der Waals surface area contributed by atoms with Crippen LogP contribution in [0.5, 0.6) is 0 Å². The predicted octanol–water partition coefficient (Wildman–Crippen LogP) is 3.45. The van der Waals surface area contributed by atoms with Gasteiger partial charge in [-0.3, -0.25) is 9.36 Å². The number of aliphatic hydroxyl groups is 3. The van der Waals surface area contributed by atoms with Gasteiger partial charge in [-0.2, -0.15) is 9.97 Å². The molecule has 1 aromatic carbocycles. The minimum atomic E-state index is -1.27. The van der Waals surface area contributed by atoms with E-state index in [1.807, 2.05) is 37.3 Å². The molecule has 0 radical (unpaired) electrons. The smallest absolute Gasteiger partial charge is 0.290 e. The van der Waals surface area contributed by atoms with Gasteiger partial charge in [-0.25, -0.2) is 4.98 Å². The van der Waals surface area contributed by atoms with E-state index in [9.17, 15) is 15.3 Å². The highest BCUT2D eigenvalue weighted by molar-refractivity contribution is 5.84. The molecule has 0 spiro atoms. The van der Waals surface area contributed by atoms with E-state index >= 15 is 0 Å². The highest BCUT2D eigenvalue weighted by Crippen LogP contribution is 2.40. The summed E-state index contributed by atoms with van der Waals surface area (Å²) in [6, 6.07) is 11.8. The van der Waals surface area contributed by atoms with Crippen molar-refractivity contribution in [3.8, 4) is 0 Å². The summed E-state index contributed by atoms with van der Waals surface area (Å²) in [5, 5.41) is 46.7. The number of aryl methyl sites for hydroxylation is 1. The number of rotatable bonds is 12. The Kier molecular flexibility index (Phi) is 11.5. The van der Waals surface area contributed by atoms with E-state index in [1.165, 1.54) is 32.1 Å². The fourth-order valence-electron chi connectivity index (χ4n) is 6.12. The summed E-state index contributed by atoms with van der Waals surface area (Å²) < 4.78 is 13.2. The zero-order valence-electron chi connectivity index (χ0n) is 26.0. The lowest BCUT2D eigenvalue weighted by Gasteiger charge is -2.23. The van der Waals surface area contributed by atoms with Crippen molar-refractivity contribution in [3.05, 3.63) is 59.7 Å². The third kappa shape index (κ3) is 7.64. The van der Waals surface area contributed by atoms with Crippen LogP contribution in [0.1, 0.15) is 74.8 Å². The number of hydrogen-bond acceptors (Lipinski definition) is 12. The molecule has 2 aliphatic rings. The quantitative estimate of drug-likeness (QED) is 0.112. The number of carboxylic acid groups (broad SMARTS) is 1. The standard InChI is InChI=1S/C31H41N7O5.CH2O2/c1-2-22-17-23(43-36-22)27-25(40)26(41)30(42-27)38-18-33-24-28(32-15-13-20-9-5-3-6-10-20)34-31(35-29(24)38)37(19-39)16-14-21-11-7-4-8-12-21;2-1-3/h4,7-8,11-12,17-18,20,25-27,30,39-41H,2-3,5-6,9-10,13-16,19H2,1H3,(H,32,34,35);1H,(H,2,3)/t25-,26+,27+,30+;/m0./s1. The average Bonchev–Trinajstić information content (AvgIpc) is 3.81. The molecule has 1 saturated heterocycles. The van der Waals surface area contributed by atoms with Gasteiger partial charge >= 0.3 is 0 Å². The fraction of sp³-hybridized carbons (Fsp3) is 0.531. The number of aliphatic hydroxyl groups excluding tert-OH is 3. The molecule has 0 amide bonds. The van der Waals surface area contributed by atoms with E-state index in [-0.39, 0.29) is 13.2 Å². The molecule has 1 aliphatic heterocycles. The first kappa shape index (κ1) is 33.3. The maximum absolute atomic E-state index is 11.1. The van der Waals surface area contributed by atoms with E-state index in [1.54, 1.807) is 21.9 Å². The van der Waals surface area contributed by atoms with Crippen LogP contribution in [0.4, 0.5) is 11.8 Å². The Balaban J connectivity index is 0.00000134. The lowest BCUT2D eigenvalue weighted by Crippen LogP contribution is -2.30. The molecule has 46 heavy (non-hydrogen) atoms. The molecule has 0 unspecified atom stereocenters. The predicted molar refractivity (Wildman–Crippen MR) is 169 cm³/mol. The van der Waals surface area contributed by atoms with E-state index in [2.05, 4.69) is 15.5 Å². The van der Waals surface area contributed by atoms with Gasteiger partial charge < -0.3 is 39.9 Å². The number of ether oxygens (including phenoxy) is 1. The van der Waals surface area contributed by atoms with Crippen LogP contribution < -0.4 is 10.2 Å². The number of aromatic nitrogens is 5. The van der Waals surface area contributed by atoms with Crippen LogP contribution in [0.2, 0.25) is 0 Å². The van der Waals surface area contributed by atoms with Crippen molar-refractivity contribution in [2.45, 2.75) is 82.8 Å². The first-order valence-electron chi connectivity index (χ1n) is 15.9. The Morgan fingerprint density at radius 3 is 2.57 bits per heavy atom. The van der Waals surface area contributed by atoms with Crippen molar-refractivity contribution in [2.75, 3.05) is 30.0 Å². The van der Waals surface area contributed by atoms with Gasteiger partial charge in [-0.05, 0) is 30.7 Å². The summed E-state index contributed by atoms with van der Waals surface area (Å²) in [6.45, 7) is 2.66. The second kappa shape index (κ2) is 15.9. The topological polar surface area (TPSA) is 192 Å². The average molecular weight is 638 g/mol. The number of carbonyl (C=O) groups is 1. The molecule has 6 rings (SSSR count). The number of hydrogen-bond donors (Lipinski definition) is 5. The van der Waals surface area contributed by atoms with Gasteiger partial charge in [0, 0.05) is 19.2 Å². The molecule has 5 N–H and O–H groups in total. The number of anilines is 2. The summed E-state index contributed by atoms with van der Waals surface area (Å²) in [5.74, 6) is 1.93. The molecule has 14 nitrogen and oxygen atoms in total. The first-order valence-corrected chi connectivity index (χ1v) is 15.9. The van der Waals surface area contributed by atoms with Crippen LogP contribution in [0.3, 0.4) is 0 Å². The molecule has 14 heteroatoms. The number of fused-ring (bicyclic) bond motifs is 1. The number of benzene rings is 1. The van der Waals surface area contributed by atoms with Crippen molar-refractivity contribution < 1.29 is 34.5 Å². The molecule has 248 valence electrons. The molecule has 1 saturated carbocycles. The van der Waals surface area contributed by atoms with Crippen molar-refractivity contribution in [2.24, 2.45) is 5.92 Å². The first-order chi connectivity index (χ1) is 22.5. The summed E-state index contributed by atoms with van der Waals surface area (Å²) in [5.41, 5.74) is 2.82. The number of nitrogens with one attached hydrogen (secondary N) is 1. The van der Waals surface area contributed by atoms with Crippen molar-refractivity contribution >= 4 is 29.4 Å². The Morgan fingerprint density at radius 1 is 1.11 bits per heavy atom. The maximum Gasteiger partial charge on any atom is 0.290 e. The Hall–Kier alpha value is -4.11. The van der Waals surface area contributed by atoms with Gasteiger partial charge in [0.15, 0.2) is 29.0 Å². The van der Waals surface area contributed by atoms with E-state index < -0.39 is 24.5 Å². The van der Waals surface area contributed by atoms with Gasteiger partial charge in [-0.15, -0.1) is 0 Å². The van der Waals surface area contributed by atoms with Gasteiger partial charge in [0.1, 0.15) is 25.0 Å². The molecule has 4 atom stereocenters. The Labute approximate surface area is 267 Å². The lowest BCUT2D eigenvalue weighted by molar-refractivity contribution is -0.122. The Morgan fingerprint density at radius 2 is 1.87 bits per heavy atom. The molecular formula is C32H43N7O7. The molecule has 3 aromatic heterocycles. The summed E-state index contributed by atoms with van der Waals surface area (Å²) >= 11 is 0. The second-order valence-corrected chi connectivity index (χ2v) is 11.7. The van der Waals surface area contributed by atoms with Crippen LogP contribution in [-0.2, 0) is 22.4 Å². The molecule has 1 aliphatic carbocycles. The highest BCUT2D eigenvalue weighted by atomic mass is 16.6. The molecular weight excluding hydrogens is 594 g/mol. The largest absolute Gasteiger partial charge is 0.483 e. The number of imidazole rings is 1. The molecule has 4 heterocycles. The molecule has 0 bridgehead atoms. The minimum Gasteiger partial charge on any atom is -0.483 e. The monoisotopic (exact) mass is 637 g/mol. The zero-order valence-corrected chi connectivity index (χ0v) is 26.0. The van der Waals surface area contributed by atoms with Gasteiger partial charge in [0.05, 0.1) is 12.0 Å². The van der Waals surface area contributed by atoms with Crippen molar-refractivity contribution in [3.63, 3.8) is 0 Å². The third-order valence-electron chi connectivity index (χ3n) is 8.68. The highest BCUT2D eigenvalue weighted by Gasteiger charge is 2.47. The van der Waals surface area contributed by atoms with E-state index in [4.69, 9.17) is 29.1 Å². The fourth-order valence-corrected chi connectivity index (χ4v) is 6.12. The van der Waals surface area contributed by atoms with Crippen molar-refractivity contribution in [1.29, 1.82) is 0 Å². The minimum absolute atomic E-state index is 0.250. The summed E-state index contributed by atoms with van der Waals surface area (Å²) in [4.78, 5) is 24.3. The zero-order chi connectivity index (χ0) is 32.5. The third-order valence-corrected chi connectivity index (χ3v) is 8.68. The lowest BCUT2D eigenvalue weighted by atomic mass is 9.87. The van der Waals surface area contributed by atoms with Gasteiger partial charge in [-0.1, -0.05) is 74.5 Å². The van der Waals surface area contributed by atoms with E-state index in [0.29, 0.717) is 54.0 Å². The van der Waals surface area contributed by atoms with Gasteiger partial charge in [0.25, 0.3) is 6.47 Å². The number of nitrogens with zero attached hydrogens (tertiary/aromatic N) is 6. The second-order valence-electron chi connectivity index (χ2n) is 11.7. The van der Waals surface area contributed by atoms with Gasteiger partial charge in [0.2, 0.25) is 5.95 Å². The molecule has 2 fully saturated rings. The van der Waals surface area contributed by atoms with Crippen LogP contribution in [0.25, 0.3) is 11.2 Å².